The largest absolute Gasteiger partial charge is 0.366 e. The third-order valence-electron chi connectivity index (χ3n) is 3.61. The highest BCUT2D eigenvalue weighted by Gasteiger charge is 2.34. The quantitative estimate of drug-likeness (QED) is 0.881. The summed E-state index contributed by atoms with van der Waals surface area (Å²) in [5.41, 5.74) is 9.66. The predicted molar refractivity (Wildman–Crippen MR) is 78.1 cm³/mol. The molecule has 1 aromatic carbocycles. The van der Waals surface area contributed by atoms with Crippen LogP contribution < -0.4 is 11.1 Å². The van der Waals surface area contributed by atoms with Crippen LogP contribution in [0.25, 0.3) is 0 Å². The van der Waals surface area contributed by atoms with Gasteiger partial charge < -0.3 is 11.1 Å². The van der Waals surface area contributed by atoms with Gasteiger partial charge in [-0.15, -0.1) is 0 Å². The topological polar surface area (TPSA) is 50.9 Å². The number of nitrogens with one attached hydrogen (secondary N) is 1. The molecule has 2 aromatic rings. The first-order valence-electron chi connectivity index (χ1n) is 6.73. The average molecular weight is 253 g/mol. The van der Waals surface area contributed by atoms with Crippen LogP contribution in [-0.4, -0.2) is 11.0 Å². The zero-order valence-corrected chi connectivity index (χ0v) is 11.1. The van der Waals surface area contributed by atoms with E-state index < -0.39 is 0 Å². The molecule has 3 nitrogen and oxygen atoms in total. The molecule has 0 spiro atoms. The number of aryl methyl sites for hydroxylation is 1. The maximum absolute atomic E-state index is 5.84. The molecule has 0 saturated heterocycles. The Bertz CT molecular complexity index is 562. The molecule has 1 aliphatic rings. The van der Waals surface area contributed by atoms with Crippen LogP contribution in [0.1, 0.15) is 29.0 Å². The van der Waals surface area contributed by atoms with Crippen LogP contribution >= 0.6 is 0 Å². The number of nitrogens with two attached hydrogens (primary N) is 1. The zero-order chi connectivity index (χ0) is 13.2. The van der Waals surface area contributed by atoms with Crippen LogP contribution in [-0.2, 0) is 6.54 Å². The highest BCUT2D eigenvalue weighted by molar-refractivity contribution is 5.39. The van der Waals surface area contributed by atoms with Gasteiger partial charge in [0.15, 0.2) is 0 Å². The second kappa shape index (κ2) is 5.02. The van der Waals surface area contributed by atoms with Crippen LogP contribution in [0.15, 0.2) is 42.6 Å². The van der Waals surface area contributed by atoms with Gasteiger partial charge in [0.2, 0.25) is 0 Å². The van der Waals surface area contributed by atoms with E-state index in [0.29, 0.717) is 12.0 Å². The Kier molecular flexibility index (Phi) is 3.22. The molecule has 98 valence electrons. The molecule has 0 radical (unpaired) electrons. The molecule has 0 bridgehead atoms. The zero-order valence-electron chi connectivity index (χ0n) is 11.1. The summed E-state index contributed by atoms with van der Waals surface area (Å²) < 4.78 is 0. The lowest BCUT2D eigenvalue weighted by molar-refractivity contribution is 0.978. The van der Waals surface area contributed by atoms with Gasteiger partial charge in [-0.05, 0) is 30.5 Å². The Balaban J connectivity index is 1.61. The van der Waals surface area contributed by atoms with Crippen molar-refractivity contribution in [3.8, 4) is 0 Å². The SMILES string of the molecule is Cc1cccc(CNc2ccc([C@@H]3C[C@H]3N)cn2)c1. The molecule has 1 aliphatic carbocycles. The van der Waals surface area contributed by atoms with Gasteiger partial charge in [-0.3, -0.25) is 0 Å². The lowest BCUT2D eigenvalue weighted by Crippen LogP contribution is -2.03. The minimum atomic E-state index is 0.341. The first kappa shape index (κ1) is 12.2. The number of anilines is 1. The van der Waals surface area contributed by atoms with E-state index in [1.165, 1.54) is 16.7 Å². The minimum Gasteiger partial charge on any atom is -0.366 e. The van der Waals surface area contributed by atoms with Crippen molar-refractivity contribution in [1.29, 1.82) is 0 Å². The van der Waals surface area contributed by atoms with Crippen LogP contribution in [0, 0.1) is 6.92 Å². The molecular formula is C16H19N3. The van der Waals surface area contributed by atoms with Gasteiger partial charge in [0, 0.05) is 24.7 Å². The van der Waals surface area contributed by atoms with Crippen LogP contribution in [0.3, 0.4) is 0 Å². The molecule has 0 unspecified atom stereocenters. The Morgan fingerprint density at radius 3 is 2.79 bits per heavy atom. The van der Waals surface area contributed by atoms with E-state index in [0.717, 1.165) is 18.8 Å². The van der Waals surface area contributed by atoms with E-state index in [2.05, 4.69) is 47.6 Å². The molecule has 3 rings (SSSR count). The van der Waals surface area contributed by atoms with Gasteiger partial charge in [0.25, 0.3) is 0 Å². The van der Waals surface area contributed by atoms with Gasteiger partial charge in [-0.2, -0.15) is 0 Å². The van der Waals surface area contributed by atoms with E-state index in [9.17, 15) is 0 Å². The summed E-state index contributed by atoms with van der Waals surface area (Å²) in [6.07, 6.45) is 3.04. The van der Waals surface area contributed by atoms with Crippen molar-refractivity contribution < 1.29 is 0 Å². The van der Waals surface area contributed by atoms with E-state index in [-0.39, 0.29) is 0 Å². The van der Waals surface area contributed by atoms with Crippen molar-refractivity contribution in [3.05, 3.63) is 59.3 Å². The maximum atomic E-state index is 5.84. The molecule has 1 fully saturated rings. The molecular weight excluding hydrogens is 234 g/mol. The van der Waals surface area contributed by atoms with Crippen molar-refractivity contribution >= 4 is 5.82 Å². The van der Waals surface area contributed by atoms with Gasteiger partial charge in [0.1, 0.15) is 5.82 Å². The summed E-state index contributed by atoms with van der Waals surface area (Å²) in [6.45, 7) is 2.91. The summed E-state index contributed by atoms with van der Waals surface area (Å²) in [7, 11) is 0. The summed E-state index contributed by atoms with van der Waals surface area (Å²) in [4.78, 5) is 4.45. The first-order valence-corrected chi connectivity index (χ1v) is 6.73. The predicted octanol–water partition coefficient (Wildman–Crippen LogP) is 2.82. The van der Waals surface area contributed by atoms with Gasteiger partial charge in [-0.1, -0.05) is 35.9 Å². The second-order valence-corrected chi connectivity index (χ2v) is 5.33. The fourth-order valence-corrected chi connectivity index (χ4v) is 2.34. The molecule has 2 atom stereocenters. The van der Waals surface area contributed by atoms with Crippen molar-refractivity contribution in [2.75, 3.05) is 5.32 Å². The lowest BCUT2D eigenvalue weighted by atomic mass is 10.1. The maximum Gasteiger partial charge on any atom is 0.126 e. The number of hydrogen-bond acceptors (Lipinski definition) is 3. The van der Waals surface area contributed by atoms with E-state index >= 15 is 0 Å². The number of hydrogen-bond donors (Lipinski definition) is 2. The van der Waals surface area contributed by atoms with Crippen LogP contribution in [0.5, 0.6) is 0 Å². The van der Waals surface area contributed by atoms with E-state index in [4.69, 9.17) is 5.73 Å². The summed E-state index contributed by atoms with van der Waals surface area (Å²) in [5, 5.41) is 3.34. The standard InChI is InChI=1S/C16H19N3/c1-11-3-2-4-12(7-11)9-18-16-6-5-13(10-19-16)14-8-15(14)17/h2-7,10,14-15H,8-9,17H2,1H3,(H,18,19)/t14-,15+/m0/s1. The van der Waals surface area contributed by atoms with Crippen molar-refractivity contribution in [2.45, 2.75) is 31.8 Å². The molecule has 19 heavy (non-hydrogen) atoms. The van der Waals surface area contributed by atoms with Crippen molar-refractivity contribution in [3.63, 3.8) is 0 Å². The Labute approximate surface area is 113 Å². The number of benzene rings is 1. The molecule has 3 N–H and O–H groups in total. The van der Waals surface area contributed by atoms with Crippen LogP contribution in [0.2, 0.25) is 0 Å². The van der Waals surface area contributed by atoms with E-state index in [1.807, 2.05) is 12.3 Å². The molecule has 1 aromatic heterocycles. The van der Waals surface area contributed by atoms with E-state index in [1.54, 1.807) is 0 Å². The van der Waals surface area contributed by atoms with Crippen LogP contribution in [0.4, 0.5) is 5.82 Å². The van der Waals surface area contributed by atoms with Gasteiger partial charge in [-0.25, -0.2) is 4.98 Å². The number of nitrogens with zero attached hydrogens (tertiary/aromatic N) is 1. The smallest absolute Gasteiger partial charge is 0.126 e. The minimum absolute atomic E-state index is 0.341. The van der Waals surface area contributed by atoms with Gasteiger partial charge in [0.05, 0.1) is 0 Å². The highest BCUT2D eigenvalue weighted by atomic mass is 15.0. The molecule has 1 heterocycles. The summed E-state index contributed by atoms with van der Waals surface area (Å²) in [5.74, 6) is 1.44. The average Bonchev–Trinajstić information content (AvgIpc) is 3.14. The Morgan fingerprint density at radius 1 is 1.32 bits per heavy atom. The number of aromatic nitrogens is 1. The summed E-state index contributed by atoms with van der Waals surface area (Å²) in [6, 6.07) is 13.0. The normalized spacial score (nSPS) is 21.2. The molecule has 0 amide bonds. The Hall–Kier alpha value is -1.87. The summed E-state index contributed by atoms with van der Waals surface area (Å²) >= 11 is 0. The molecule has 0 aliphatic heterocycles. The first-order chi connectivity index (χ1) is 9.22. The monoisotopic (exact) mass is 253 g/mol. The second-order valence-electron chi connectivity index (χ2n) is 5.33. The van der Waals surface area contributed by atoms with Crippen molar-refractivity contribution in [2.24, 2.45) is 5.73 Å². The van der Waals surface area contributed by atoms with Crippen molar-refractivity contribution in [1.82, 2.24) is 4.98 Å². The number of rotatable bonds is 4. The highest BCUT2D eigenvalue weighted by Crippen LogP contribution is 2.38. The Morgan fingerprint density at radius 2 is 2.16 bits per heavy atom. The fourth-order valence-electron chi connectivity index (χ4n) is 2.34. The third kappa shape index (κ3) is 2.93. The lowest BCUT2D eigenvalue weighted by Gasteiger charge is -2.07. The van der Waals surface area contributed by atoms with Gasteiger partial charge >= 0.3 is 0 Å². The molecule has 1 saturated carbocycles. The molecule has 3 heteroatoms. The number of pyridine rings is 1. The third-order valence-corrected chi connectivity index (χ3v) is 3.61. The fraction of sp³-hybridized carbons (Fsp3) is 0.312.